The van der Waals surface area contributed by atoms with Crippen molar-refractivity contribution in [2.75, 3.05) is 25.3 Å². The topological polar surface area (TPSA) is 246 Å². The zero-order valence-corrected chi connectivity index (χ0v) is 64.8. The zero-order chi connectivity index (χ0) is 81.1. The Morgan fingerprint density at radius 2 is 0.789 bits per heavy atom. The Morgan fingerprint density at radius 1 is 0.430 bits per heavy atom. The van der Waals surface area contributed by atoms with Crippen LogP contribution >= 0.6 is 11.6 Å². The van der Waals surface area contributed by atoms with Crippen molar-refractivity contribution >= 4 is 89.9 Å². The lowest BCUT2D eigenvalue weighted by Crippen LogP contribution is -2.13. The molecule has 0 saturated carbocycles. The number of carboxylic acids is 1. The van der Waals surface area contributed by atoms with Gasteiger partial charge >= 0.3 is 17.9 Å². The summed E-state index contributed by atoms with van der Waals surface area (Å²) in [6.45, 7) is 20.5. The number of nitrogens with two attached hydrogens (primary N) is 1. The maximum absolute atomic E-state index is 13.0. The number of benzene rings is 10. The van der Waals surface area contributed by atoms with E-state index >= 15 is 0 Å². The number of nitrogens with one attached hydrogen (secondary N) is 2. The number of aromatic carboxylic acids is 1. The standard InChI is InChI=1S/C30H28N2O2.C18H15NO3.C17H13NO3.C13H17N.C10H8ClN.C8H8O3/c1-4-9-22-15-27(16-23(10-5-2)21(22)3)32-30(33)24-12-8-13-28(17-24)34-20-26-19-31-18-25-11-6-7-14-29(25)26;1-21-18(20)13-6-4-7-16(9-13)22-12-15-11-19-10-14-5-2-3-8-17(14)15;19-17(20)12-5-3-6-15(8-12)21-11-14-10-18-9-13-4-1-2-7-16(13)14;1-4-6-11-8-13(14)9-12(7-5-2)10(11)3;11-5-9-7-12-6-8-3-1-2-4-10(8)9;1-11-8(10)6-3-2-4-7(9)5-6/h4-8,11-19H,1-2,9-10,20H2,3H3,(H,32,33);2-11H,12H2,1H3;1-10H,11H2,(H,19,20);4-5,8-9H,1-2,6-7,14H2,3H3;1-4,6-7H,5H2;2-5,9H,1H3/p+1. The summed E-state index contributed by atoms with van der Waals surface area (Å²) in [5, 5.41) is 29.9. The number of pyridine rings is 4. The number of carbonyl (C=O) groups excluding carboxylic acids is 3. The van der Waals surface area contributed by atoms with Crippen molar-refractivity contribution in [3.05, 3.63) is 396 Å². The van der Waals surface area contributed by atoms with Crippen LogP contribution in [-0.2, 0) is 60.9 Å². The minimum Gasteiger partial charge on any atom is -0.508 e. The number of carbonyl (C=O) groups is 4. The van der Waals surface area contributed by atoms with E-state index < -0.39 is 11.9 Å². The van der Waals surface area contributed by atoms with Crippen molar-refractivity contribution < 1.29 is 58.1 Å². The fourth-order valence-electron chi connectivity index (χ4n) is 12.2. The van der Waals surface area contributed by atoms with Crippen molar-refractivity contribution in [3.8, 4) is 23.0 Å². The number of fused-ring (bicyclic) bond motifs is 4. The van der Waals surface area contributed by atoms with Crippen LogP contribution in [0.2, 0.25) is 0 Å². The summed E-state index contributed by atoms with van der Waals surface area (Å²) in [5.74, 6) is 0.425. The van der Waals surface area contributed by atoms with Crippen molar-refractivity contribution in [1.29, 1.82) is 0 Å². The van der Waals surface area contributed by atoms with Gasteiger partial charge in [-0.1, -0.05) is 140 Å². The van der Waals surface area contributed by atoms with E-state index in [1.165, 1.54) is 71.5 Å². The Balaban J connectivity index is 0.000000164. The largest absolute Gasteiger partial charge is 0.508 e. The van der Waals surface area contributed by atoms with Crippen molar-refractivity contribution in [1.82, 2.24) is 15.0 Å². The number of nitrogens with zero attached hydrogens (tertiary/aromatic N) is 3. The van der Waals surface area contributed by atoms with E-state index in [0.29, 0.717) is 59.6 Å². The molecule has 4 heterocycles. The van der Waals surface area contributed by atoms with E-state index in [-0.39, 0.29) is 23.2 Å². The number of anilines is 2. The summed E-state index contributed by atoms with van der Waals surface area (Å²) < 4.78 is 26.6. The molecule has 10 aromatic carbocycles. The van der Waals surface area contributed by atoms with Crippen LogP contribution < -0.4 is 30.2 Å². The zero-order valence-electron chi connectivity index (χ0n) is 64.1. The number of allylic oxidation sites excluding steroid dienone is 4. The highest BCUT2D eigenvalue weighted by Crippen LogP contribution is 2.28. The predicted octanol–water partition coefficient (Wildman–Crippen LogP) is 20.5. The van der Waals surface area contributed by atoms with Gasteiger partial charge in [0.05, 0.1) is 36.8 Å². The summed E-state index contributed by atoms with van der Waals surface area (Å²) in [6.07, 6.45) is 25.6. The van der Waals surface area contributed by atoms with Gasteiger partial charge in [0.1, 0.15) is 42.8 Å². The lowest BCUT2D eigenvalue weighted by Gasteiger charge is -2.14. The van der Waals surface area contributed by atoms with Crippen LogP contribution in [0.5, 0.6) is 23.0 Å². The molecule has 0 aliphatic carbocycles. The third-order valence-electron chi connectivity index (χ3n) is 18.1. The second-order valence-electron chi connectivity index (χ2n) is 25.9. The van der Waals surface area contributed by atoms with Crippen LogP contribution in [0.15, 0.2) is 319 Å². The maximum atomic E-state index is 13.0. The molecular weight excluding hydrogens is 1450 g/mol. The van der Waals surface area contributed by atoms with Crippen LogP contribution in [0.3, 0.4) is 0 Å². The van der Waals surface area contributed by atoms with Gasteiger partial charge in [0, 0.05) is 97.9 Å². The molecular formula is C96H90ClN6O11+. The average Bonchev–Trinajstić information content (AvgIpc) is 0.838. The summed E-state index contributed by atoms with van der Waals surface area (Å²) >= 11 is 5.79. The van der Waals surface area contributed by atoms with E-state index in [1.807, 2.05) is 183 Å². The monoisotopic (exact) mass is 1540 g/mol. The SMILES string of the molecule is C=CCc1cc(N)cc(CC=C)c1C.C=CCc1cc(NC(=O)c2cccc(OCc3cncc4ccccc34)c2)cc(CC=C)c1C.COC(=O)c1cccc(O)c1.COC(=O)c1cccc(OCc2cncc3ccccc23)c1.ClCc1c[nH+]cc2ccccc12.O=C(O)c1cccc(OCc2cncc3ccccc23)c1. The fraction of sp³-hybridized carbons (Fsp3) is 0.125. The van der Waals surface area contributed by atoms with Crippen LogP contribution in [0, 0.1) is 13.8 Å². The molecule has 576 valence electrons. The molecule has 6 N–H and O–H groups in total. The van der Waals surface area contributed by atoms with Crippen molar-refractivity contribution in [2.24, 2.45) is 0 Å². The number of aromatic hydroxyl groups is 1. The van der Waals surface area contributed by atoms with Crippen molar-refractivity contribution in [2.45, 2.75) is 65.2 Å². The summed E-state index contributed by atoms with van der Waals surface area (Å²) in [5.41, 5.74) is 20.4. The van der Waals surface area contributed by atoms with Gasteiger partial charge in [-0.2, -0.15) is 0 Å². The number of aromatic nitrogens is 4. The van der Waals surface area contributed by atoms with Gasteiger partial charge < -0.3 is 44.9 Å². The minimum absolute atomic E-state index is 0.0629. The van der Waals surface area contributed by atoms with E-state index in [2.05, 4.69) is 88.4 Å². The van der Waals surface area contributed by atoms with E-state index in [9.17, 15) is 19.2 Å². The highest BCUT2D eigenvalue weighted by atomic mass is 35.5. The first-order valence-electron chi connectivity index (χ1n) is 36.5. The number of amides is 1. The highest BCUT2D eigenvalue weighted by Gasteiger charge is 2.15. The molecule has 0 radical (unpaired) electrons. The van der Waals surface area contributed by atoms with Gasteiger partial charge in [0.15, 0.2) is 12.4 Å². The number of nitrogen functional groups attached to an aromatic ring is 1. The molecule has 0 bridgehead atoms. The molecule has 0 atom stereocenters. The van der Waals surface area contributed by atoms with Gasteiger partial charge in [-0.05, 0) is 198 Å². The summed E-state index contributed by atoms with van der Waals surface area (Å²) in [6, 6.07) is 66.9. The molecule has 18 heteroatoms. The number of ether oxygens (including phenoxy) is 5. The number of hydrogen-bond acceptors (Lipinski definition) is 14. The molecule has 0 saturated heterocycles. The molecule has 0 spiro atoms. The molecule has 0 aliphatic heterocycles. The number of methoxy groups -OCH3 is 2. The third-order valence-corrected chi connectivity index (χ3v) is 18.4. The number of aromatic amines is 1. The van der Waals surface area contributed by atoms with Crippen LogP contribution in [0.4, 0.5) is 11.4 Å². The second-order valence-corrected chi connectivity index (χ2v) is 26.1. The molecule has 4 aromatic heterocycles. The summed E-state index contributed by atoms with van der Waals surface area (Å²) in [4.78, 5) is 62.1. The number of H-pyrrole nitrogens is 1. The van der Waals surface area contributed by atoms with Crippen LogP contribution in [0.25, 0.3) is 43.1 Å². The highest BCUT2D eigenvalue weighted by molar-refractivity contribution is 6.18. The fourth-order valence-corrected chi connectivity index (χ4v) is 12.4. The van der Waals surface area contributed by atoms with Crippen molar-refractivity contribution in [3.63, 3.8) is 0 Å². The average molecular weight is 1540 g/mol. The number of alkyl halides is 1. The lowest BCUT2D eigenvalue weighted by atomic mass is 9.96. The summed E-state index contributed by atoms with van der Waals surface area (Å²) in [7, 11) is 2.66. The first-order chi connectivity index (χ1) is 55.4. The smallest absolute Gasteiger partial charge is 0.337 e. The number of hydrogen-bond donors (Lipinski definition) is 4. The van der Waals surface area contributed by atoms with E-state index in [1.54, 1.807) is 67.0 Å². The molecule has 14 aromatic rings. The second kappa shape index (κ2) is 43.4. The first-order valence-corrected chi connectivity index (χ1v) is 37.0. The quantitative estimate of drug-likeness (QED) is 0.0201. The normalized spacial score (nSPS) is 10.3. The maximum Gasteiger partial charge on any atom is 0.337 e. The third kappa shape index (κ3) is 24.2. The minimum atomic E-state index is -0.965. The lowest BCUT2D eigenvalue weighted by molar-refractivity contribution is -0.376. The molecule has 0 aliphatic rings. The molecule has 14 rings (SSSR count). The Hall–Kier alpha value is -14.0. The number of halogens is 1. The van der Waals surface area contributed by atoms with E-state index in [0.717, 1.165) is 103 Å². The molecule has 0 unspecified atom stereocenters. The molecule has 17 nitrogen and oxygen atoms in total. The van der Waals surface area contributed by atoms with Gasteiger partial charge in [-0.3, -0.25) is 19.7 Å². The van der Waals surface area contributed by atoms with Crippen LogP contribution in [-0.4, -0.2) is 63.2 Å². The van der Waals surface area contributed by atoms with Gasteiger partial charge in [-0.15, -0.1) is 37.9 Å². The van der Waals surface area contributed by atoms with Gasteiger partial charge in [0.2, 0.25) is 0 Å². The Kier molecular flexibility index (Phi) is 32.0. The Morgan fingerprint density at radius 3 is 1.19 bits per heavy atom. The Bertz CT molecular complexity index is 5610. The molecule has 1 amide bonds. The predicted molar refractivity (Wildman–Crippen MR) is 456 cm³/mol. The molecule has 0 fully saturated rings. The van der Waals surface area contributed by atoms with E-state index in [4.69, 9.17) is 46.5 Å². The number of esters is 2. The first kappa shape index (κ1) is 84.0. The number of rotatable bonds is 23. The Labute approximate surface area is 669 Å². The number of carboxylic acid groups (broad SMARTS) is 1. The van der Waals surface area contributed by atoms with Gasteiger partial charge in [0.25, 0.3) is 5.91 Å². The number of phenols is 1. The van der Waals surface area contributed by atoms with Crippen LogP contribution in [0.1, 0.15) is 97.1 Å². The number of phenolic OH excluding ortho intramolecular Hbond substituents is 1. The van der Waals surface area contributed by atoms with Gasteiger partial charge in [-0.25, -0.2) is 19.4 Å². The molecule has 114 heavy (non-hydrogen) atoms.